The Morgan fingerprint density at radius 2 is 1.83 bits per heavy atom. The summed E-state index contributed by atoms with van der Waals surface area (Å²) >= 11 is 0. The Morgan fingerprint density at radius 1 is 1.17 bits per heavy atom. The van der Waals surface area contributed by atoms with E-state index in [1.165, 1.54) is 0 Å². The molecule has 0 fully saturated rings. The molecule has 6 heteroatoms. The first-order valence-electron chi connectivity index (χ1n) is 5.66. The number of aliphatic imine (C=N–C) groups is 1. The lowest BCUT2D eigenvalue weighted by molar-refractivity contribution is -0.135. The van der Waals surface area contributed by atoms with Crippen LogP contribution in [0.5, 0.6) is 0 Å². The molecule has 0 radical (unpaired) electrons. The van der Waals surface area contributed by atoms with Crippen LogP contribution in [-0.2, 0) is 0 Å². The van der Waals surface area contributed by atoms with Gasteiger partial charge in [0.1, 0.15) is 0 Å². The van der Waals surface area contributed by atoms with Crippen LogP contribution in [0.1, 0.15) is 19.3 Å². The second kappa shape index (κ2) is 6.88. The summed E-state index contributed by atoms with van der Waals surface area (Å²) in [5.74, 6) is 0.216. The van der Waals surface area contributed by atoms with Gasteiger partial charge in [-0.2, -0.15) is 13.2 Å². The summed E-state index contributed by atoms with van der Waals surface area (Å²) in [4.78, 5) is 3.95. The van der Waals surface area contributed by atoms with Crippen molar-refractivity contribution in [2.24, 2.45) is 10.7 Å². The molecule has 18 heavy (non-hydrogen) atoms. The van der Waals surface area contributed by atoms with Gasteiger partial charge in [-0.1, -0.05) is 18.2 Å². The van der Waals surface area contributed by atoms with Crippen molar-refractivity contribution in [1.82, 2.24) is 0 Å². The van der Waals surface area contributed by atoms with Crippen molar-refractivity contribution in [3.63, 3.8) is 0 Å². The zero-order chi connectivity index (χ0) is 13.4. The highest BCUT2D eigenvalue weighted by molar-refractivity contribution is 5.92. The minimum atomic E-state index is -4.09. The number of guanidine groups is 1. The molecule has 0 saturated carbocycles. The number of alkyl halides is 3. The zero-order valence-corrected chi connectivity index (χ0v) is 9.87. The van der Waals surface area contributed by atoms with Gasteiger partial charge in [-0.25, -0.2) is 0 Å². The molecule has 0 aliphatic rings. The van der Waals surface area contributed by atoms with Crippen molar-refractivity contribution in [1.29, 1.82) is 0 Å². The first-order chi connectivity index (χ1) is 8.47. The van der Waals surface area contributed by atoms with E-state index in [1.807, 2.05) is 30.3 Å². The normalized spacial score (nSPS) is 12.5. The third-order valence-corrected chi connectivity index (χ3v) is 2.20. The van der Waals surface area contributed by atoms with Gasteiger partial charge in [-0.3, -0.25) is 4.99 Å². The van der Waals surface area contributed by atoms with Crippen LogP contribution < -0.4 is 11.1 Å². The van der Waals surface area contributed by atoms with Crippen LogP contribution in [0.3, 0.4) is 0 Å². The Kier molecular flexibility index (Phi) is 5.48. The second-order valence-electron chi connectivity index (χ2n) is 3.83. The SMILES string of the molecule is NC(=NCCCCC(F)(F)F)Nc1ccccc1. The molecule has 1 rings (SSSR count). The van der Waals surface area contributed by atoms with Crippen LogP contribution >= 0.6 is 0 Å². The monoisotopic (exact) mass is 259 g/mol. The molecule has 0 atom stereocenters. The Labute approximate surface area is 104 Å². The Morgan fingerprint density at radius 3 is 2.44 bits per heavy atom. The molecule has 1 aromatic carbocycles. The summed E-state index contributed by atoms with van der Waals surface area (Å²) in [6, 6.07) is 9.21. The number of halogens is 3. The van der Waals surface area contributed by atoms with Gasteiger partial charge in [0.15, 0.2) is 5.96 Å². The summed E-state index contributed by atoms with van der Waals surface area (Å²) < 4.78 is 35.6. The predicted molar refractivity (Wildman–Crippen MR) is 66.5 cm³/mol. The van der Waals surface area contributed by atoms with Gasteiger partial charge in [-0.15, -0.1) is 0 Å². The van der Waals surface area contributed by atoms with Crippen molar-refractivity contribution in [3.8, 4) is 0 Å². The van der Waals surface area contributed by atoms with Crippen LogP contribution in [-0.4, -0.2) is 18.7 Å². The number of unbranched alkanes of at least 4 members (excludes halogenated alkanes) is 1. The molecular formula is C12H16F3N3. The molecule has 0 amide bonds. The number of anilines is 1. The van der Waals surface area contributed by atoms with Crippen molar-refractivity contribution >= 4 is 11.6 Å². The van der Waals surface area contributed by atoms with Gasteiger partial charge in [0.05, 0.1) is 0 Å². The highest BCUT2D eigenvalue weighted by atomic mass is 19.4. The summed E-state index contributed by atoms with van der Waals surface area (Å²) in [7, 11) is 0. The molecule has 1 aromatic rings. The predicted octanol–water partition coefficient (Wildman–Crippen LogP) is 3.15. The summed E-state index contributed by atoms with van der Waals surface area (Å²) in [6.45, 7) is 0.293. The van der Waals surface area contributed by atoms with E-state index in [0.717, 1.165) is 5.69 Å². The maximum absolute atomic E-state index is 11.9. The molecule has 0 bridgehead atoms. The second-order valence-corrected chi connectivity index (χ2v) is 3.83. The topological polar surface area (TPSA) is 50.4 Å². The fourth-order valence-corrected chi connectivity index (χ4v) is 1.35. The van der Waals surface area contributed by atoms with E-state index in [4.69, 9.17) is 5.73 Å². The van der Waals surface area contributed by atoms with E-state index in [0.29, 0.717) is 13.0 Å². The lowest BCUT2D eigenvalue weighted by Crippen LogP contribution is -2.22. The Balaban J connectivity index is 2.22. The van der Waals surface area contributed by atoms with Crippen molar-refractivity contribution < 1.29 is 13.2 Å². The zero-order valence-electron chi connectivity index (χ0n) is 9.87. The molecule has 3 N–H and O–H groups in total. The van der Waals surface area contributed by atoms with Crippen LogP contribution in [0.25, 0.3) is 0 Å². The average molecular weight is 259 g/mol. The maximum Gasteiger partial charge on any atom is 0.389 e. The van der Waals surface area contributed by atoms with E-state index >= 15 is 0 Å². The van der Waals surface area contributed by atoms with Crippen LogP contribution in [0.2, 0.25) is 0 Å². The number of nitrogens with one attached hydrogen (secondary N) is 1. The number of rotatable bonds is 5. The fourth-order valence-electron chi connectivity index (χ4n) is 1.35. The highest BCUT2D eigenvalue weighted by Gasteiger charge is 2.25. The molecule has 3 nitrogen and oxygen atoms in total. The number of hydrogen-bond acceptors (Lipinski definition) is 1. The number of hydrogen-bond donors (Lipinski definition) is 2. The van der Waals surface area contributed by atoms with Gasteiger partial charge in [-0.05, 0) is 25.0 Å². The summed E-state index contributed by atoms with van der Waals surface area (Å²) in [6.07, 6.45) is -4.41. The molecule has 0 spiro atoms. The van der Waals surface area contributed by atoms with E-state index in [9.17, 15) is 13.2 Å². The molecule has 0 aromatic heterocycles. The van der Waals surface area contributed by atoms with Crippen molar-refractivity contribution in [2.45, 2.75) is 25.4 Å². The third kappa shape index (κ3) is 6.78. The lowest BCUT2D eigenvalue weighted by Gasteiger charge is -2.06. The first kappa shape index (κ1) is 14.3. The molecular weight excluding hydrogens is 243 g/mol. The quantitative estimate of drug-likeness (QED) is 0.485. The molecule has 0 unspecified atom stereocenters. The number of benzene rings is 1. The average Bonchev–Trinajstić information content (AvgIpc) is 2.28. The molecule has 0 saturated heterocycles. The van der Waals surface area contributed by atoms with Crippen LogP contribution in [0.4, 0.5) is 18.9 Å². The van der Waals surface area contributed by atoms with E-state index in [-0.39, 0.29) is 12.4 Å². The molecule has 0 aliphatic heterocycles. The van der Waals surface area contributed by atoms with Crippen molar-refractivity contribution in [2.75, 3.05) is 11.9 Å². The van der Waals surface area contributed by atoms with E-state index in [1.54, 1.807) is 0 Å². The minimum Gasteiger partial charge on any atom is -0.370 e. The van der Waals surface area contributed by atoms with E-state index in [2.05, 4.69) is 10.3 Å². The lowest BCUT2D eigenvalue weighted by atomic mass is 10.2. The highest BCUT2D eigenvalue weighted by Crippen LogP contribution is 2.21. The number of nitrogens with two attached hydrogens (primary N) is 1. The summed E-state index contributed by atoms with van der Waals surface area (Å²) in [5.41, 5.74) is 6.39. The van der Waals surface area contributed by atoms with Gasteiger partial charge < -0.3 is 11.1 Å². The molecule has 100 valence electrons. The van der Waals surface area contributed by atoms with Gasteiger partial charge in [0.25, 0.3) is 0 Å². The van der Waals surface area contributed by atoms with Crippen LogP contribution in [0, 0.1) is 0 Å². The van der Waals surface area contributed by atoms with Gasteiger partial charge >= 0.3 is 6.18 Å². The third-order valence-electron chi connectivity index (χ3n) is 2.20. The first-order valence-corrected chi connectivity index (χ1v) is 5.66. The molecule has 0 aliphatic carbocycles. The number of nitrogens with zero attached hydrogens (tertiary/aromatic N) is 1. The van der Waals surface area contributed by atoms with Crippen LogP contribution in [0.15, 0.2) is 35.3 Å². The Hall–Kier alpha value is -1.72. The van der Waals surface area contributed by atoms with Gasteiger partial charge in [0.2, 0.25) is 0 Å². The van der Waals surface area contributed by atoms with Crippen molar-refractivity contribution in [3.05, 3.63) is 30.3 Å². The largest absolute Gasteiger partial charge is 0.389 e. The van der Waals surface area contributed by atoms with E-state index < -0.39 is 12.6 Å². The maximum atomic E-state index is 11.9. The summed E-state index contributed by atoms with van der Waals surface area (Å²) in [5, 5.41) is 2.85. The smallest absolute Gasteiger partial charge is 0.370 e. The fraction of sp³-hybridized carbons (Fsp3) is 0.417. The van der Waals surface area contributed by atoms with Gasteiger partial charge in [0, 0.05) is 18.7 Å². The standard InChI is InChI=1S/C12H16F3N3/c13-12(14,15)8-4-5-9-17-11(16)18-10-6-2-1-3-7-10/h1-3,6-7H,4-5,8-9H2,(H3,16,17,18). The number of para-hydroxylation sites is 1. The Bertz CT molecular complexity index is 374. The molecule has 0 heterocycles. The minimum absolute atomic E-state index is 0.0750.